The number of fused-ring (bicyclic) bond motifs is 5. The summed E-state index contributed by atoms with van der Waals surface area (Å²) < 4.78 is 36.8. The van der Waals surface area contributed by atoms with Gasteiger partial charge in [0, 0.05) is 6.61 Å². The van der Waals surface area contributed by atoms with Gasteiger partial charge in [0.15, 0.2) is 6.10 Å². The molecule has 9 nitrogen and oxygen atoms in total. The van der Waals surface area contributed by atoms with Crippen LogP contribution in [0.5, 0.6) is 0 Å². The molecule has 4 rings (SSSR count). The molecule has 0 heterocycles. The lowest BCUT2D eigenvalue weighted by Gasteiger charge is -2.58. The first-order chi connectivity index (χ1) is 29.4. The lowest BCUT2D eigenvalue weighted by atomic mass is 9.47. The maximum Gasteiger partial charge on any atom is 0.335 e. The number of aliphatic carboxylic acids is 1. The highest BCUT2D eigenvalue weighted by molar-refractivity contribution is 7.45. The second-order valence-electron chi connectivity index (χ2n) is 22.6. The first-order valence-corrected chi connectivity index (χ1v) is 27.5. The van der Waals surface area contributed by atoms with E-state index in [1.165, 1.54) is 121 Å². The van der Waals surface area contributed by atoms with E-state index in [-0.39, 0.29) is 24.7 Å². The molecule has 0 aromatic carbocycles. The smallest absolute Gasteiger partial charge is 0.335 e. The molecule has 4 aliphatic rings. The quantitative estimate of drug-likeness (QED) is 0.0307. The molecule has 1 N–H and O–H groups in total. The number of ether oxygens (including phenoxy) is 2. The number of likely N-dealkylation sites (N-methyl/N-ethyl adjacent to an activating group) is 1. The summed E-state index contributed by atoms with van der Waals surface area (Å²) in [7, 11) is 1.17. The predicted molar refractivity (Wildman–Crippen MR) is 252 cm³/mol. The van der Waals surface area contributed by atoms with E-state index >= 15 is 0 Å². The highest BCUT2D eigenvalue weighted by Crippen LogP contribution is 2.67. The van der Waals surface area contributed by atoms with Crippen molar-refractivity contribution in [3.05, 3.63) is 11.6 Å². The zero-order valence-corrected chi connectivity index (χ0v) is 42.4. The predicted octanol–water partition coefficient (Wildman–Crippen LogP) is 12.9. The summed E-state index contributed by atoms with van der Waals surface area (Å²) in [6.45, 7) is 14.9. The van der Waals surface area contributed by atoms with Crippen molar-refractivity contribution in [2.45, 2.75) is 220 Å². The minimum Gasteiger partial charge on any atom is -0.756 e. The maximum atomic E-state index is 12.9. The van der Waals surface area contributed by atoms with Crippen LogP contribution in [-0.2, 0) is 27.9 Å². The van der Waals surface area contributed by atoms with Crippen molar-refractivity contribution in [3.63, 3.8) is 0 Å². The number of carboxylic acid groups (broad SMARTS) is 1. The minimum atomic E-state index is -4.70. The van der Waals surface area contributed by atoms with Gasteiger partial charge in [-0.1, -0.05) is 156 Å². The van der Waals surface area contributed by atoms with Crippen LogP contribution in [0.2, 0.25) is 0 Å². The van der Waals surface area contributed by atoms with Crippen molar-refractivity contribution in [1.29, 1.82) is 0 Å². The van der Waals surface area contributed by atoms with E-state index in [1.54, 1.807) is 0 Å². The number of hydrogen-bond donors (Lipinski definition) is 1. The number of carbonyl (C=O) groups is 1. The van der Waals surface area contributed by atoms with E-state index in [2.05, 4.69) is 47.6 Å². The molecule has 0 aliphatic heterocycles. The average Bonchev–Trinajstić information content (AvgIpc) is 3.56. The van der Waals surface area contributed by atoms with Crippen molar-refractivity contribution in [3.8, 4) is 0 Å². The third-order valence-electron chi connectivity index (χ3n) is 16.4. The number of hydrogen-bond acceptors (Lipinski definition) is 7. The SMILES string of the molecule is CCCCCCCCCCCCCCCCOC(C(=O)O)C(COP(=O)([O-])OCC[N+](C)(C)C)OC1CC[C@@]2(C)C(=CCC3C2CC[C@@]2(C)C3CC[C@@H]2[C@H](C)CCCC(C)C)C1. The van der Waals surface area contributed by atoms with Gasteiger partial charge in [-0.25, -0.2) is 4.79 Å². The molecule has 0 aromatic heterocycles. The Bertz CT molecular complexity index is 1380. The van der Waals surface area contributed by atoms with Crippen LogP contribution in [0.4, 0.5) is 0 Å². The van der Waals surface area contributed by atoms with Gasteiger partial charge < -0.3 is 33.0 Å². The summed E-state index contributed by atoms with van der Waals surface area (Å²) in [6.07, 6.45) is 30.2. The minimum absolute atomic E-state index is 0.0245. The van der Waals surface area contributed by atoms with Crippen molar-refractivity contribution < 1.29 is 42.4 Å². The molecule has 0 spiro atoms. The summed E-state index contributed by atoms with van der Waals surface area (Å²) in [4.78, 5) is 25.7. The highest BCUT2D eigenvalue weighted by atomic mass is 31.2. The number of phosphoric acid groups is 1. The van der Waals surface area contributed by atoms with Gasteiger partial charge in [0.1, 0.15) is 19.3 Å². The van der Waals surface area contributed by atoms with Crippen LogP contribution >= 0.6 is 7.82 Å². The van der Waals surface area contributed by atoms with Gasteiger partial charge in [0.05, 0.1) is 33.9 Å². The molecule has 0 saturated heterocycles. The van der Waals surface area contributed by atoms with Crippen molar-refractivity contribution in [1.82, 2.24) is 0 Å². The number of carboxylic acids is 1. The van der Waals surface area contributed by atoms with E-state index in [4.69, 9.17) is 18.5 Å². The second kappa shape index (κ2) is 25.9. The maximum absolute atomic E-state index is 12.9. The number of quaternary nitrogens is 1. The Morgan fingerprint density at radius 1 is 0.823 bits per heavy atom. The Kier molecular flexibility index (Phi) is 22.5. The molecule has 7 unspecified atom stereocenters. The summed E-state index contributed by atoms with van der Waals surface area (Å²) in [5.74, 6) is 3.40. The largest absolute Gasteiger partial charge is 0.756 e. The summed E-state index contributed by atoms with van der Waals surface area (Å²) in [5.41, 5.74) is 1.99. The molecule has 0 amide bonds. The third-order valence-corrected chi connectivity index (χ3v) is 17.4. The molecule has 0 aromatic rings. The fourth-order valence-electron chi connectivity index (χ4n) is 12.7. The zero-order valence-electron chi connectivity index (χ0n) is 41.5. The Morgan fingerprint density at radius 3 is 2.05 bits per heavy atom. The number of nitrogens with zero attached hydrogens (tertiary/aromatic N) is 1. The van der Waals surface area contributed by atoms with Gasteiger partial charge >= 0.3 is 5.97 Å². The van der Waals surface area contributed by atoms with Gasteiger partial charge in [0.25, 0.3) is 7.82 Å². The molecule has 11 atom stereocenters. The molecule has 0 radical (unpaired) electrons. The van der Waals surface area contributed by atoms with Crippen LogP contribution in [0, 0.1) is 46.3 Å². The first kappa shape index (κ1) is 53.8. The molecule has 62 heavy (non-hydrogen) atoms. The number of unbranched alkanes of at least 4 members (excludes halogenated alkanes) is 13. The summed E-state index contributed by atoms with van der Waals surface area (Å²) in [5, 5.41) is 10.5. The molecular formula is C52H96NO8P. The normalized spacial score (nSPS) is 29.9. The monoisotopic (exact) mass is 894 g/mol. The van der Waals surface area contributed by atoms with E-state index < -0.39 is 32.6 Å². The van der Waals surface area contributed by atoms with E-state index in [0.29, 0.717) is 22.4 Å². The molecule has 3 saturated carbocycles. The van der Waals surface area contributed by atoms with Crippen LogP contribution in [0.15, 0.2) is 11.6 Å². The van der Waals surface area contributed by atoms with E-state index in [0.717, 1.165) is 74.5 Å². The fraction of sp³-hybridized carbons (Fsp3) is 0.942. The summed E-state index contributed by atoms with van der Waals surface area (Å²) in [6, 6.07) is 0. The second-order valence-corrected chi connectivity index (χ2v) is 24.1. The van der Waals surface area contributed by atoms with Crippen LogP contribution in [0.25, 0.3) is 0 Å². The lowest BCUT2D eigenvalue weighted by molar-refractivity contribution is -0.870. The van der Waals surface area contributed by atoms with Gasteiger partial charge in [-0.15, -0.1) is 0 Å². The summed E-state index contributed by atoms with van der Waals surface area (Å²) >= 11 is 0. The average molecular weight is 894 g/mol. The molecule has 362 valence electrons. The number of allylic oxidation sites excluding steroid dienone is 1. The van der Waals surface area contributed by atoms with Crippen LogP contribution < -0.4 is 4.89 Å². The van der Waals surface area contributed by atoms with Gasteiger partial charge in [0.2, 0.25) is 0 Å². The standard InChI is InChI=1S/C52H96NO8P/c1-10-11-12-13-14-15-16-17-18-19-20-21-22-23-36-58-49(50(54)55)48(39-60-62(56,57)59-37-35-53(7,8)9)61-43-31-33-51(5)42(38-43)27-28-44-46-30-29-45(41(4)26-24-25-40(2)3)52(46,6)34-32-47(44)51/h27,40-41,43-49H,10-26,28-39H2,1-9H3,(H-,54,55,56,57)/t41-,43?,44?,45-,46?,47?,48?,49?,51+,52-/m1/s1. The lowest BCUT2D eigenvalue weighted by Crippen LogP contribution is -2.51. The van der Waals surface area contributed by atoms with Gasteiger partial charge in [-0.2, -0.15) is 0 Å². The Hall–Kier alpha value is -0.800. The van der Waals surface area contributed by atoms with Crippen LogP contribution in [0.1, 0.15) is 202 Å². The highest BCUT2D eigenvalue weighted by Gasteiger charge is 2.59. The molecule has 0 bridgehead atoms. The van der Waals surface area contributed by atoms with E-state index in [1.807, 2.05) is 21.1 Å². The zero-order chi connectivity index (χ0) is 45.4. The Labute approximate surface area is 380 Å². The number of phosphoric ester groups is 1. The molecular weight excluding hydrogens is 798 g/mol. The van der Waals surface area contributed by atoms with Crippen LogP contribution in [0.3, 0.4) is 0 Å². The Balaban J connectivity index is 1.33. The van der Waals surface area contributed by atoms with E-state index in [9.17, 15) is 19.4 Å². The van der Waals surface area contributed by atoms with Crippen molar-refractivity contribution in [2.75, 3.05) is 47.5 Å². The first-order valence-electron chi connectivity index (χ1n) is 26.0. The fourth-order valence-corrected chi connectivity index (χ4v) is 13.4. The Morgan fingerprint density at radius 2 is 1.45 bits per heavy atom. The molecule has 10 heteroatoms. The van der Waals surface area contributed by atoms with Crippen molar-refractivity contribution in [2.24, 2.45) is 46.3 Å². The van der Waals surface area contributed by atoms with Crippen molar-refractivity contribution >= 4 is 13.8 Å². The molecule has 4 aliphatic carbocycles. The number of rotatable bonds is 32. The van der Waals surface area contributed by atoms with Crippen LogP contribution in [-0.4, -0.2) is 81.4 Å². The van der Waals surface area contributed by atoms with Gasteiger partial charge in [-0.05, 0) is 104 Å². The third kappa shape index (κ3) is 16.5. The topological polar surface area (TPSA) is 114 Å². The molecule has 3 fully saturated rings. The van der Waals surface area contributed by atoms with Gasteiger partial charge in [-0.3, -0.25) is 4.57 Å².